The molecule has 0 bridgehead atoms. The highest BCUT2D eigenvalue weighted by Gasteiger charge is 2.64. The van der Waals surface area contributed by atoms with Gasteiger partial charge in [0.25, 0.3) is 0 Å². The molecule has 3 amide bonds. The Labute approximate surface area is 197 Å². The van der Waals surface area contributed by atoms with Crippen LogP contribution in [0.15, 0.2) is 18.5 Å². The Hall–Kier alpha value is -3.35. The molecule has 5 rings (SSSR count). The Morgan fingerprint density at radius 3 is 2.74 bits per heavy atom. The lowest BCUT2D eigenvalue weighted by molar-refractivity contribution is -0.147. The molecule has 3 saturated heterocycles. The summed E-state index contributed by atoms with van der Waals surface area (Å²) in [5.74, 6) is -0.367. The standard InChI is InChI=1S/C24H29N5O5/c1-34-16-9-14(11-26-12-16)17-13-28(24(7-8-24)18(17)10-25)22(31)20-6-5-15-3-2-4-19(27-23(32)33)21(30)29(15)20/h9,11-12,15,17-20,27H,2-8,13H2,1H3,(H,32,33)/t15-,17?,18?,19-,20-/m0/s1. The molecule has 1 aromatic heterocycles. The molecule has 1 saturated carbocycles. The van der Waals surface area contributed by atoms with Crippen LogP contribution in [-0.4, -0.2) is 75.1 Å². The highest BCUT2D eigenvalue weighted by atomic mass is 16.5. The van der Waals surface area contributed by atoms with E-state index in [-0.39, 0.29) is 29.7 Å². The van der Waals surface area contributed by atoms with Gasteiger partial charge in [0.15, 0.2) is 0 Å². The van der Waals surface area contributed by atoms with Gasteiger partial charge >= 0.3 is 6.09 Å². The number of pyridine rings is 1. The van der Waals surface area contributed by atoms with Gasteiger partial charge in [-0.15, -0.1) is 0 Å². The predicted molar refractivity (Wildman–Crippen MR) is 119 cm³/mol. The van der Waals surface area contributed by atoms with Crippen molar-refractivity contribution in [2.45, 2.75) is 74.5 Å². The largest absolute Gasteiger partial charge is 0.495 e. The SMILES string of the molecule is COc1cncc(C2CN(C(=O)[C@@H]3CC[C@@H]4CCC[C@H](NC(=O)O)C(=O)N43)C3(CC3)C2C#N)c1. The fraction of sp³-hybridized carbons (Fsp3) is 0.625. The molecule has 1 aliphatic carbocycles. The molecule has 2 N–H and O–H groups in total. The molecular formula is C24H29N5O5. The molecule has 2 unspecified atom stereocenters. The molecule has 3 aliphatic heterocycles. The number of aromatic nitrogens is 1. The molecule has 10 nitrogen and oxygen atoms in total. The molecule has 0 radical (unpaired) electrons. The zero-order valence-electron chi connectivity index (χ0n) is 19.1. The van der Waals surface area contributed by atoms with Crippen molar-refractivity contribution < 1.29 is 24.2 Å². The van der Waals surface area contributed by atoms with E-state index in [1.807, 2.05) is 11.0 Å². The first-order valence-corrected chi connectivity index (χ1v) is 11.9. The minimum atomic E-state index is -1.23. The molecule has 4 fully saturated rings. The van der Waals surface area contributed by atoms with E-state index in [2.05, 4.69) is 16.4 Å². The van der Waals surface area contributed by atoms with E-state index >= 15 is 0 Å². The van der Waals surface area contributed by atoms with E-state index in [1.54, 1.807) is 24.4 Å². The summed E-state index contributed by atoms with van der Waals surface area (Å²) in [7, 11) is 1.57. The van der Waals surface area contributed by atoms with E-state index < -0.39 is 23.7 Å². The number of hydrogen-bond acceptors (Lipinski definition) is 6. The summed E-state index contributed by atoms with van der Waals surface area (Å²) >= 11 is 0. The topological polar surface area (TPSA) is 136 Å². The first kappa shape index (κ1) is 22.4. The van der Waals surface area contributed by atoms with Gasteiger partial charge in [-0.2, -0.15) is 5.26 Å². The van der Waals surface area contributed by atoms with Crippen molar-refractivity contribution in [2.24, 2.45) is 5.92 Å². The lowest BCUT2D eigenvalue weighted by Gasteiger charge is -2.35. The fourth-order valence-electron chi connectivity index (χ4n) is 6.37. The fourth-order valence-corrected chi connectivity index (χ4v) is 6.37. The second-order valence-electron chi connectivity index (χ2n) is 9.85. The van der Waals surface area contributed by atoms with Gasteiger partial charge in [0, 0.05) is 24.7 Å². The number of methoxy groups -OCH3 is 1. The maximum absolute atomic E-state index is 14.0. The van der Waals surface area contributed by atoms with Crippen molar-refractivity contribution in [1.82, 2.24) is 20.1 Å². The highest BCUT2D eigenvalue weighted by molar-refractivity contribution is 5.93. The zero-order chi connectivity index (χ0) is 24.0. The molecule has 5 atom stereocenters. The van der Waals surface area contributed by atoms with Crippen LogP contribution in [0.2, 0.25) is 0 Å². The van der Waals surface area contributed by atoms with Gasteiger partial charge in [0.05, 0.1) is 30.8 Å². The summed E-state index contributed by atoms with van der Waals surface area (Å²) in [5, 5.41) is 21.6. The molecule has 4 heterocycles. The predicted octanol–water partition coefficient (Wildman–Crippen LogP) is 1.87. The van der Waals surface area contributed by atoms with Gasteiger partial charge in [0.1, 0.15) is 17.8 Å². The maximum Gasteiger partial charge on any atom is 0.405 e. The number of rotatable bonds is 4. The van der Waals surface area contributed by atoms with E-state index in [4.69, 9.17) is 9.84 Å². The van der Waals surface area contributed by atoms with Crippen LogP contribution >= 0.6 is 0 Å². The quantitative estimate of drug-likeness (QED) is 0.690. The summed E-state index contributed by atoms with van der Waals surface area (Å²) in [5.41, 5.74) is 0.360. The first-order chi connectivity index (χ1) is 16.4. The van der Waals surface area contributed by atoms with Gasteiger partial charge in [-0.05, 0) is 56.6 Å². The Kier molecular flexibility index (Phi) is 5.58. The molecule has 0 aromatic carbocycles. The average molecular weight is 468 g/mol. The van der Waals surface area contributed by atoms with Crippen molar-refractivity contribution in [2.75, 3.05) is 13.7 Å². The number of nitrogens with zero attached hydrogens (tertiary/aromatic N) is 4. The van der Waals surface area contributed by atoms with Gasteiger partial charge in [0.2, 0.25) is 11.8 Å². The minimum Gasteiger partial charge on any atom is -0.495 e. The third-order valence-corrected chi connectivity index (χ3v) is 8.13. The van der Waals surface area contributed by atoms with Gasteiger partial charge in [-0.25, -0.2) is 4.79 Å². The van der Waals surface area contributed by atoms with Crippen molar-refractivity contribution in [3.8, 4) is 11.8 Å². The summed E-state index contributed by atoms with van der Waals surface area (Å²) in [6.07, 6.45) is 6.85. The van der Waals surface area contributed by atoms with Crippen molar-refractivity contribution in [3.63, 3.8) is 0 Å². The summed E-state index contributed by atoms with van der Waals surface area (Å²) in [6, 6.07) is 2.84. The van der Waals surface area contributed by atoms with Crippen molar-refractivity contribution in [3.05, 3.63) is 24.0 Å². The van der Waals surface area contributed by atoms with Crippen LogP contribution in [0.3, 0.4) is 0 Å². The van der Waals surface area contributed by atoms with E-state index in [1.165, 1.54) is 0 Å². The van der Waals surface area contributed by atoms with E-state index in [0.29, 0.717) is 25.1 Å². The summed E-state index contributed by atoms with van der Waals surface area (Å²) in [4.78, 5) is 46.2. The van der Waals surface area contributed by atoms with Gasteiger partial charge in [-0.3, -0.25) is 14.6 Å². The van der Waals surface area contributed by atoms with Crippen LogP contribution in [0.5, 0.6) is 5.75 Å². The number of carbonyl (C=O) groups is 3. The van der Waals surface area contributed by atoms with Gasteiger partial charge in [-0.1, -0.05) is 0 Å². The lowest BCUT2D eigenvalue weighted by Crippen LogP contribution is -2.56. The molecule has 180 valence electrons. The number of likely N-dealkylation sites (tertiary alicyclic amines) is 1. The van der Waals surface area contributed by atoms with Crippen LogP contribution in [0.1, 0.15) is 56.4 Å². The Morgan fingerprint density at radius 1 is 1.26 bits per heavy atom. The van der Waals surface area contributed by atoms with E-state index in [9.17, 15) is 19.6 Å². The molecule has 10 heteroatoms. The molecular weight excluding hydrogens is 438 g/mol. The van der Waals surface area contributed by atoms with E-state index in [0.717, 1.165) is 37.7 Å². The number of carbonyl (C=O) groups excluding carboxylic acids is 2. The highest BCUT2D eigenvalue weighted by Crippen LogP contribution is 2.58. The third-order valence-electron chi connectivity index (χ3n) is 8.13. The number of fused-ring (bicyclic) bond motifs is 1. The van der Waals surface area contributed by atoms with Crippen LogP contribution in [-0.2, 0) is 9.59 Å². The minimum absolute atomic E-state index is 0.0510. The number of ether oxygens (including phenoxy) is 1. The number of amides is 3. The summed E-state index contributed by atoms with van der Waals surface area (Å²) in [6.45, 7) is 0.395. The molecule has 1 aromatic rings. The Morgan fingerprint density at radius 2 is 2.06 bits per heavy atom. The number of nitrogens with one attached hydrogen (secondary N) is 1. The zero-order valence-corrected chi connectivity index (χ0v) is 19.1. The lowest BCUT2D eigenvalue weighted by atomic mass is 9.85. The smallest absolute Gasteiger partial charge is 0.405 e. The van der Waals surface area contributed by atoms with Gasteiger partial charge < -0.3 is 25.0 Å². The monoisotopic (exact) mass is 467 g/mol. The van der Waals surface area contributed by atoms with Crippen LogP contribution in [0.25, 0.3) is 0 Å². The average Bonchev–Trinajstić information content (AvgIpc) is 3.43. The maximum atomic E-state index is 14.0. The van der Waals surface area contributed by atoms with Crippen molar-refractivity contribution in [1.29, 1.82) is 5.26 Å². The number of carboxylic acid groups (broad SMARTS) is 1. The second-order valence-corrected chi connectivity index (χ2v) is 9.85. The Bertz CT molecular complexity index is 1050. The number of hydrogen-bond donors (Lipinski definition) is 2. The molecule has 1 spiro atoms. The molecule has 4 aliphatic rings. The number of nitriles is 1. The molecule has 34 heavy (non-hydrogen) atoms. The van der Waals surface area contributed by atoms with Crippen molar-refractivity contribution >= 4 is 17.9 Å². The second kappa shape index (κ2) is 8.46. The summed E-state index contributed by atoms with van der Waals surface area (Å²) < 4.78 is 5.31. The van der Waals surface area contributed by atoms with Crippen LogP contribution in [0.4, 0.5) is 4.79 Å². The third kappa shape index (κ3) is 3.54. The normalized spacial score (nSPS) is 31.5. The van der Waals surface area contributed by atoms with Crippen LogP contribution < -0.4 is 10.1 Å². The Balaban J connectivity index is 1.42. The first-order valence-electron chi connectivity index (χ1n) is 11.9. The van der Waals surface area contributed by atoms with Crippen LogP contribution in [0, 0.1) is 17.2 Å².